The molecule has 3 heterocycles. The van der Waals surface area contributed by atoms with Crippen LogP contribution in [-0.2, 0) is 7.05 Å². The van der Waals surface area contributed by atoms with Crippen LogP contribution in [0.5, 0.6) is 0 Å². The van der Waals surface area contributed by atoms with Crippen LogP contribution in [0.3, 0.4) is 0 Å². The van der Waals surface area contributed by atoms with E-state index < -0.39 is 5.56 Å². The monoisotopic (exact) mass is 553 g/mol. The Morgan fingerprint density at radius 1 is 1.00 bits per heavy atom. The Kier molecular flexibility index (Phi) is 6.29. The van der Waals surface area contributed by atoms with Gasteiger partial charge in [0.1, 0.15) is 5.65 Å². The fourth-order valence-electron chi connectivity index (χ4n) is 5.24. The highest BCUT2D eigenvalue weighted by molar-refractivity contribution is 6.38. The van der Waals surface area contributed by atoms with Gasteiger partial charge in [-0.2, -0.15) is 0 Å². The normalized spacial score (nSPS) is 15.3. The van der Waals surface area contributed by atoms with Gasteiger partial charge < -0.3 is 4.57 Å². The maximum absolute atomic E-state index is 12.5. The highest BCUT2D eigenvalue weighted by Gasteiger charge is 2.24. The summed E-state index contributed by atoms with van der Waals surface area (Å²) in [6.07, 6.45) is 10.8. The van der Waals surface area contributed by atoms with Crippen LogP contribution in [0, 0.1) is 0 Å². The zero-order valence-corrected chi connectivity index (χ0v) is 22.3. The summed E-state index contributed by atoms with van der Waals surface area (Å²) in [5.74, 6) is -0.152. The molecule has 0 radical (unpaired) electrons. The summed E-state index contributed by atoms with van der Waals surface area (Å²) in [6, 6.07) is 15.5. The van der Waals surface area contributed by atoms with E-state index in [9.17, 15) is 14.4 Å². The van der Waals surface area contributed by atoms with Gasteiger partial charge >= 0.3 is 0 Å². The van der Waals surface area contributed by atoms with Crippen LogP contribution in [0.15, 0.2) is 89.1 Å². The number of carbonyl (C=O) groups is 2. The molecule has 6 rings (SSSR count). The van der Waals surface area contributed by atoms with Crippen molar-refractivity contribution in [3.8, 4) is 11.1 Å². The largest absolute Gasteiger partial charge is 0.350 e. The molecule has 1 atom stereocenters. The molecule has 0 saturated heterocycles. The maximum atomic E-state index is 12.5. The van der Waals surface area contributed by atoms with E-state index in [4.69, 9.17) is 23.2 Å². The number of rotatable bonds is 5. The van der Waals surface area contributed by atoms with Crippen LogP contribution in [0.4, 0.5) is 0 Å². The predicted octanol–water partition coefficient (Wildman–Crippen LogP) is 6.83. The van der Waals surface area contributed by atoms with Crippen molar-refractivity contribution in [3.05, 3.63) is 122 Å². The van der Waals surface area contributed by atoms with Crippen molar-refractivity contribution >= 4 is 57.9 Å². The Morgan fingerprint density at radius 3 is 2.59 bits per heavy atom. The zero-order valence-electron chi connectivity index (χ0n) is 20.8. The molecule has 0 spiro atoms. The van der Waals surface area contributed by atoms with Crippen LogP contribution in [0.1, 0.15) is 44.2 Å². The van der Waals surface area contributed by atoms with Gasteiger partial charge in [0.25, 0.3) is 5.56 Å². The lowest BCUT2D eigenvalue weighted by Crippen LogP contribution is -2.19. The van der Waals surface area contributed by atoms with Gasteiger partial charge in [-0.25, -0.2) is 4.98 Å². The van der Waals surface area contributed by atoms with Crippen LogP contribution in [-0.4, -0.2) is 26.5 Å². The van der Waals surface area contributed by atoms with Crippen LogP contribution in [0.2, 0.25) is 5.02 Å². The van der Waals surface area contributed by atoms with Gasteiger partial charge in [0, 0.05) is 64.2 Å². The Labute approximate surface area is 233 Å². The van der Waals surface area contributed by atoms with Crippen molar-refractivity contribution < 1.29 is 9.59 Å². The highest BCUT2D eigenvalue weighted by atomic mass is 35.5. The number of nitrogens with zero attached hydrogens (tertiary/aromatic N) is 3. The quantitative estimate of drug-likeness (QED) is 0.224. The van der Waals surface area contributed by atoms with Gasteiger partial charge in [0.05, 0.1) is 10.6 Å². The molecule has 192 valence electrons. The Balaban J connectivity index is 1.42. The summed E-state index contributed by atoms with van der Waals surface area (Å²) in [6.45, 7) is 0. The fourth-order valence-corrected chi connectivity index (χ4v) is 5.95. The molecular formula is C31H21Cl2N3O3. The Morgan fingerprint density at radius 2 is 1.79 bits per heavy atom. The summed E-state index contributed by atoms with van der Waals surface area (Å²) < 4.78 is 3.28. The predicted molar refractivity (Wildman–Crippen MR) is 155 cm³/mol. The second-order valence-electron chi connectivity index (χ2n) is 9.49. The Bertz CT molecular complexity index is 1950. The fraction of sp³-hybridized carbons (Fsp3) is 0.0968. The van der Waals surface area contributed by atoms with Crippen molar-refractivity contribution in [1.29, 1.82) is 0 Å². The molecular weight excluding hydrogens is 533 g/mol. The molecule has 1 aliphatic rings. The van der Waals surface area contributed by atoms with Gasteiger partial charge in [0.15, 0.2) is 12.6 Å². The molecule has 1 aliphatic carbocycles. The van der Waals surface area contributed by atoms with E-state index in [-0.39, 0.29) is 11.5 Å². The number of carbonyl (C=O) groups excluding carboxylic acids is 2. The van der Waals surface area contributed by atoms with E-state index in [2.05, 4.69) is 11.1 Å². The summed E-state index contributed by atoms with van der Waals surface area (Å²) >= 11 is 14.1. The van der Waals surface area contributed by atoms with E-state index >= 15 is 0 Å². The topological polar surface area (TPSA) is 73.4 Å². The smallest absolute Gasteiger partial charge is 0.268 e. The second-order valence-corrected chi connectivity index (χ2v) is 10.3. The number of hydrogen-bond donors (Lipinski definition) is 0. The lowest BCUT2D eigenvalue weighted by molar-refractivity contribution is 0.111. The minimum Gasteiger partial charge on any atom is -0.350 e. The molecule has 0 N–H and O–H groups in total. The molecule has 0 bridgehead atoms. The second kappa shape index (κ2) is 9.80. The number of fused-ring (bicyclic) bond motifs is 2. The number of halogens is 2. The standard InChI is InChI=1S/C31H21Cl2N3O3/c1-35-15-21(17-38)22-9-8-18(12-27(22)35)23-4-2-6-25(29(23)32)26-7-3-5-24(30(26)33)19-10-11-36-28(13-19)34-14-20(16-37)31(36)39/h2-4,6-17,24H,5H2,1H3. The van der Waals surface area contributed by atoms with E-state index in [0.717, 1.165) is 45.0 Å². The average Bonchev–Trinajstić information content (AvgIpc) is 3.28. The summed E-state index contributed by atoms with van der Waals surface area (Å²) in [4.78, 5) is 39.3. The van der Waals surface area contributed by atoms with E-state index in [1.807, 2.05) is 72.4 Å². The van der Waals surface area contributed by atoms with E-state index in [1.165, 1.54) is 10.6 Å². The molecule has 39 heavy (non-hydrogen) atoms. The average molecular weight is 554 g/mol. The van der Waals surface area contributed by atoms with Crippen molar-refractivity contribution in [2.75, 3.05) is 0 Å². The third kappa shape index (κ3) is 4.13. The zero-order chi connectivity index (χ0) is 27.3. The number of benzene rings is 2. The molecule has 0 amide bonds. The molecule has 0 fully saturated rings. The molecule has 0 aliphatic heterocycles. The third-order valence-electron chi connectivity index (χ3n) is 7.26. The van der Waals surface area contributed by atoms with Gasteiger partial charge in [-0.3, -0.25) is 18.8 Å². The minimum absolute atomic E-state index is 0.00560. The lowest BCUT2D eigenvalue weighted by atomic mass is 9.86. The number of aldehydes is 2. The first-order chi connectivity index (χ1) is 18.9. The molecule has 6 nitrogen and oxygen atoms in total. The molecule has 3 aromatic heterocycles. The number of aromatic nitrogens is 3. The molecule has 1 unspecified atom stereocenters. The molecule has 2 aromatic carbocycles. The van der Waals surface area contributed by atoms with Gasteiger partial charge in [-0.15, -0.1) is 0 Å². The van der Waals surface area contributed by atoms with Crippen LogP contribution < -0.4 is 5.56 Å². The number of aryl methyl sites for hydroxylation is 1. The summed E-state index contributed by atoms with van der Waals surface area (Å²) in [7, 11) is 1.91. The maximum Gasteiger partial charge on any atom is 0.268 e. The number of allylic oxidation sites excluding steroid dienone is 4. The van der Waals surface area contributed by atoms with Crippen LogP contribution >= 0.6 is 23.2 Å². The van der Waals surface area contributed by atoms with Crippen molar-refractivity contribution in [2.24, 2.45) is 7.05 Å². The summed E-state index contributed by atoms with van der Waals surface area (Å²) in [5.41, 5.74) is 5.95. The Hall–Kier alpha value is -4.26. The molecule has 5 aromatic rings. The minimum atomic E-state index is -0.410. The first-order valence-electron chi connectivity index (χ1n) is 12.3. The first-order valence-corrected chi connectivity index (χ1v) is 13.0. The SMILES string of the molecule is Cn1cc(C=O)c2ccc(-c3cccc(C4=C(Cl)C(c5ccn6c(=O)c(C=O)cnc6c5)CC=C4)c3Cl)cc21. The molecule has 0 saturated carbocycles. The number of hydrogen-bond acceptors (Lipinski definition) is 4. The number of pyridine rings is 1. The van der Waals surface area contributed by atoms with Gasteiger partial charge in [0.2, 0.25) is 0 Å². The highest BCUT2D eigenvalue weighted by Crippen LogP contribution is 2.44. The van der Waals surface area contributed by atoms with E-state index in [0.29, 0.717) is 34.0 Å². The van der Waals surface area contributed by atoms with Crippen molar-refractivity contribution in [2.45, 2.75) is 12.3 Å². The van der Waals surface area contributed by atoms with Crippen LogP contribution in [0.25, 0.3) is 33.3 Å². The van der Waals surface area contributed by atoms with Gasteiger partial charge in [-0.1, -0.05) is 65.7 Å². The first kappa shape index (κ1) is 25.0. The van der Waals surface area contributed by atoms with E-state index in [1.54, 1.807) is 6.20 Å². The van der Waals surface area contributed by atoms with Crippen molar-refractivity contribution in [3.63, 3.8) is 0 Å². The molecule has 8 heteroatoms. The van der Waals surface area contributed by atoms with Crippen molar-refractivity contribution in [1.82, 2.24) is 14.0 Å². The van der Waals surface area contributed by atoms with Gasteiger partial charge in [-0.05, 0) is 41.3 Å². The lowest BCUT2D eigenvalue weighted by Gasteiger charge is -2.23. The third-order valence-corrected chi connectivity index (χ3v) is 8.13. The summed E-state index contributed by atoms with van der Waals surface area (Å²) in [5, 5.41) is 2.11.